The molecular weight excluding hydrogens is 188 g/mol. The van der Waals surface area contributed by atoms with Gasteiger partial charge in [0.2, 0.25) is 0 Å². The van der Waals surface area contributed by atoms with E-state index in [0.717, 1.165) is 25.1 Å². The van der Waals surface area contributed by atoms with Crippen molar-refractivity contribution in [2.45, 2.75) is 12.5 Å². The van der Waals surface area contributed by atoms with Crippen LogP contribution in [-0.2, 0) is 0 Å². The van der Waals surface area contributed by atoms with Gasteiger partial charge in [-0.2, -0.15) is 0 Å². The van der Waals surface area contributed by atoms with Gasteiger partial charge in [0.25, 0.3) is 0 Å². The van der Waals surface area contributed by atoms with E-state index < -0.39 is 0 Å². The van der Waals surface area contributed by atoms with Crippen molar-refractivity contribution in [1.82, 2.24) is 4.90 Å². The molecule has 1 aliphatic rings. The summed E-state index contributed by atoms with van der Waals surface area (Å²) < 4.78 is 0. The van der Waals surface area contributed by atoms with Crippen LogP contribution in [-0.4, -0.2) is 30.1 Å². The summed E-state index contributed by atoms with van der Waals surface area (Å²) in [5.41, 5.74) is 7.05. The standard InChI is InChI=1S/C12H18N2O/c1-14-7-6-9(8-14)12(13)10-4-2-3-5-11(10)15/h2-5,9,12,15H,6-8,13H2,1H3. The molecule has 3 N–H and O–H groups in total. The van der Waals surface area contributed by atoms with Gasteiger partial charge in [-0.1, -0.05) is 18.2 Å². The minimum absolute atomic E-state index is 0.0452. The van der Waals surface area contributed by atoms with Crippen LogP contribution in [0.4, 0.5) is 0 Å². The average molecular weight is 206 g/mol. The first kappa shape index (κ1) is 10.5. The molecule has 15 heavy (non-hydrogen) atoms. The van der Waals surface area contributed by atoms with Crippen molar-refractivity contribution in [2.75, 3.05) is 20.1 Å². The topological polar surface area (TPSA) is 49.5 Å². The molecule has 1 aliphatic heterocycles. The predicted octanol–water partition coefficient (Wildman–Crippen LogP) is 1.34. The van der Waals surface area contributed by atoms with Crippen molar-refractivity contribution in [3.8, 4) is 5.75 Å². The summed E-state index contributed by atoms with van der Waals surface area (Å²) in [6.07, 6.45) is 1.12. The summed E-state index contributed by atoms with van der Waals surface area (Å²) >= 11 is 0. The SMILES string of the molecule is CN1CCC(C(N)c2ccccc2O)C1. The maximum atomic E-state index is 9.71. The monoisotopic (exact) mass is 206 g/mol. The molecule has 1 heterocycles. The fourth-order valence-corrected chi connectivity index (χ4v) is 2.29. The van der Waals surface area contributed by atoms with E-state index in [1.807, 2.05) is 18.2 Å². The maximum Gasteiger partial charge on any atom is 0.120 e. The molecule has 1 saturated heterocycles. The van der Waals surface area contributed by atoms with E-state index in [9.17, 15) is 5.11 Å². The third-order valence-electron chi connectivity index (χ3n) is 3.23. The Kier molecular flexibility index (Phi) is 2.93. The average Bonchev–Trinajstić information content (AvgIpc) is 2.65. The van der Waals surface area contributed by atoms with E-state index in [1.165, 1.54) is 0 Å². The second-order valence-electron chi connectivity index (χ2n) is 4.40. The Balaban J connectivity index is 2.14. The molecule has 0 aliphatic carbocycles. The molecule has 0 bridgehead atoms. The van der Waals surface area contributed by atoms with Crippen molar-refractivity contribution in [3.63, 3.8) is 0 Å². The zero-order valence-electron chi connectivity index (χ0n) is 9.06. The van der Waals surface area contributed by atoms with Crippen LogP contribution in [0.25, 0.3) is 0 Å². The highest BCUT2D eigenvalue weighted by molar-refractivity contribution is 5.34. The number of phenolic OH excluding ortho intramolecular Hbond substituents is 1. The number of benzene rings is 1. The summed E-state index contributed by atoms with van der Waals surface area (Å²) in [4.78, 5) is 2.28. The van der Waals surface area contributed by atoms with Crippen molar-refractivity contribution in [1.29, 1.82) is 0 Å². The van der Waals surface area contributed by atoms with Crippen molar-refractivity contribution in [3.05, 3.63) is 29.8 Å². The van der Waals surface area contributed by atoms with Gasteiger partial charge < -0.3 is 15.7 Å². The van der Waals surface area contributed by atoms with E-state index in [4.69, 9.17) is 5.73 Å². The molecule has 0 radical (unpaired) electrons. The second-order valence-corrected chi connectivity index (χ2v) is 4.40. The molecule has 1 aromatic rings. The number of rotatable bonds is 2. The van der Waals surface area contributed by atoms with Gasteiger partial charge in [-0.15, -0.1) is 0 Å². The predicted molar refractivity (Wildman–Crippen MR) is 60.6 cm³/mol. The fraction of sp³-hybridized carbons (Fsp3) is 0.500. The molecule has 3 nitrogen and oxygen atoms in total. The minimum Gasteiger partial charge on any atom is -0.508 e. The van der Waals surface area contributed by atoms with Crippen LogP contribution >= 0.6 is 0 Å². The largest absolute Gasteiger partial charge is 0.508 e. The molecule has 2 rings (SSSR count). The Morgan fingerprint density at radius 1 is 1.47 bits per heavy atom. The third kappa shape index (κ3) is 2.13. The van der Waals surface area contributed by atoms with E-state index in [0.29, 0.717) is 11.7 Å². The maximum absolute atomic E-state index is 9.71. The molecule has 1 fully saturated rings. The highest BCUT2D eigenvalue weighted by atomic mass is 16.3. The molecule has 0 saturated carbocycles. The van der Waals surface area contributed by atoms with Gasteiger partial charge >= 0.3 is 0 Å². The zero-order valence-corrected chi connectivity index (χ0v) is 9.06. The summed E-state index contributed by atoms with van der Waals surface area (Å²) in [5.74, 6) is 0.780. The van der Waals surface area contributed by atoms with E-state index in [-0.39, 0.29) is 6.04 Å². The van der Waals surface area contributed by atoms with Gasteiger partial charge in [0.1, 0.15) is 5.75 Å². The van der Waals surface area contributed by atoms with Gasteiger partial charge in [0, 0.05) is 18.2 Å². The Bertz CT molecular complexity index is 340. The van der Waals surface area contributed by atoms with Gasteiger partial charge in [0.05, 0.1) is 0 Å². The highest BCUT2D eigenvalue weighted by Crippen LogP contribution is 2.31. The number of phenols is 1. The van der Waals surface area contributed by atoms with Crippen LogP contribution in [0.2, 0.25) is 0 Å². The summed E-state index contributed by atoms with van der Waals surface area (Å²) in [5, 5.41) is 9.71. The molecule has 3 heteroatoms. The quantitative estimate of drug-likeness (QED) is 0.767. The third-order valence-corrected chi connectivity index (χ3v) is 3.23. The van der Waals surface area contributed by atoms with Crippen LogP contribution in [0.5, 0.6) is 5.75 Å². The zero-order chi connectivity index (χ0) is 10.8. The Morgan fingerprint density at radius 2 is 2.20 bits per heavy atom. The van der Waals surface area contributed by atoms with Crippen LogP contribution in [0.15, 0.2) is 24.3 Å². The smallest absolute Gasteiger partial charge is 0.120 e. The summed E-state index contributed by atoms with van der Waals surface area (Å²) in [6, 6.07) is 7.32. The second kappa shape index (κ2) is 4.21. The van der Waals surface area contributed by atoms with Gasteiger partial charge in [-0.05, 0) is 32.0 Å². The Hall–Kier alpha value is -1.06. The molecule has 1 aromatic carbocycles. The lowest BCUT2D eigenvalue weighted by Gasteiger charge is -2.20. The first-order valence-electron chi connectivity index (χ1n) is 5.40. The lowest BCUT2D eigenvalue weighted by atomic mass is 9.92. The van der Waals surface area contributed by atoms with Crippen LogP contribution < -0.4 is 5.73 Å². The molecule has 0 aromatic heterocycles. The normalized spacial score (nSPS) is 24.3. The molecule has 0 amide bonds. The number of nitrogens with two attached hydrogens (primary N) is 1. The molecule has 82 valence electrons. The summed E-state index contributed by atoms with van der Waals surface area (Å²) in [6.45, 7) is 2.13. The number of likely N-dealkylation sites (tertiary alicyclic amines) is 1. The Morgan fingerprint density at radius 3 is 2.80 bits per heavy atom. The van der Waals surface area contributed by atoms with Crippen molar-refractivity contribution in [2.24, 2.45) is 11.7 Å². The van der Waals surface area contributed by atoms with Gasteiger partial charge in [-0.25, -0.2) is 0 Å². The number of nitrogens with zero attached hydrogens (tertiary/aromatic N) is 1. The van der Waals surface area contributed by atoms with E-state index in [1.54, 1.807) is 6.07 Å². The molecule has 2 unspecified atom stereocenters. The Labute approximate surface area is 90.5 Å². The summed E-state index contributed by atoms with van der Waals surface area (Å²) in [7, 11) is 2.11. The van der Waals surface area contributed by atoms with Crippen LogP contribution in [0, 0.1) is 5.92 Å². The molecule has 0 spiro atoms. The van der Waals surface area contributed by atoms with Gasteiger partial charge in [-0.3, -0.25) is 0 Å². The first-order valence-corrected chi connectivity index (χ1v) is 5.40. The highest BCUT2D eigenvalue weighted by Gasteiger charge is 2.27. The minimum atomic E-state index is -0.0452. The van der Waals surface area contributed by atoms with E-state index in [2.05, 4.69) is 11.9 Å². The molecule has 2 atom stereocenters. The van der Waals surface area contributed by atoms with E-state index >= 15 is 0 Å². The fourth-order valence-electron chi connectivity index (χ4n) is 2.29. The van der Waals surface area contributed by atoms with Crippen LogP contribution in [0.1, 0.15) is 18.0 Å². The number of para-hydroxylation sites is 1. The lowest BCUT2D eigenvalue weighted by Crippen LogP contribution is -2.24. The number of hydrogen-bond donors (Lipinski definition) is 2. The van der Waals surface area contributed by atoms with Crippen molar-refractivity contribution >= 4 is 0 Å². The van der Waals surface area contributed by atoms with Gasteiger partial charge in [0.15, 0.2) is 0 Å². The molecular formula is C12H18N2O. The first-order chi connectivity index (χ1) is 7.18. The number of aromatic hydroxyl groups is 1. The number of hydrogen-bond acceptors (Lipinski definition) is 3. The lowest BCUT2D eigenvalue weighted by molar-refractivity contribution is 0.366. The van der Waals surface area contributed by atoms with Crippen molar-refractivity contribution < 1.29 is 5.11 Å². The van der Waals surface area contributed by atoms with Crippen LogP contribution in [0.3, 0.4) is 0 Å².